The molecule has 0 bridgehead atoms. The largest absolute Gasteiger partial charge is 0.496 e. The fourth-order valence-electron chi connectivity index (χ4n) is 2.97. The van der Waals surface area contributed by atoms with Crippen LogP contribution >= 0.6 is 28.3 Å². The fraction of sp³-hybridized carbons (Fsp3) is 0.562. The molecule has 1 aliphatic rings. The van der Waals surface area contributed by atoms with Crippen LogP contribution in [0.1, 0.15) is 18.4 Å². The van der Waals surface area contributed by atoms with Crippen LogP contribution in [-0.2, 0) is 11.3 Å². The number of benzene rings is 1. The van der Waals surface area contributed by atoms with E-state index >= 15 is 0 Å². The first kappa shape index (κ1) is 20.2. The SMILES string of the molecule is COc1ccc(Br)cc1CN1CCC(N(C)CC(=O)O)CC1.Cl. The van der Waals surface area contributed by atoms with E-state index in [-0.39, 0.29) is 19.0 Å². The van der Waals surface area contributed by atoms with Gasteiger partial charge in [-0.1, -0.05) is 15.9 Å². The second kappa shape index (κ2) is 9.47. The Bertz CT molecular complexity index is 522. The quantitative estimate of drug-likeness (QED) is 0.786. The average Bonchev–Trinajstić information content (AvgIpc) is 2.47. The van der Waals surface area contributed by atoms with Crippen LogP contribution in [0.2, 0.25) is 0 Å². The Morgan fingerprint density at radius 1 is 1.43 bits per heavy atom. The molecule has 0 aromatic heterocycles. The van der Waals surface area contributed by atoms with Gasteiger partial charge >= 0.3 is 5.97 Å². The first-order chi connectivity index (χ1) is 10.5. The fourth-order valence-corrected chi connectivity index (χ4v) is 3.38. The maximum absolute atomic E-state index is 10.8. The first-order valence-corrected chi connectivity index (χ1v) is 8.25. The minimum atomic E-state index is -0.760. The van der Waals surface area contributed by atoms with Crippen molar-refractivity contribution in [1.82, 2.24) is 9.80 Å². The summed E-state index contributed by atoms with van der Waals surface area (Å²) in [7, 11) is 3.59. The lowest BCUT2D eigenvalue weighted by Gasteiger charge is -2.36. The van der Waals surface area contributed by atoms with Gasteiger partial charge in [0, 0.05) is 22.6 Å². The van der Waals surface area contributed by atoms with Crippen LogP contribution in [0, 0.1) is 0 Å². The molecule has 1 aromatic rings. The molecule has 1 aliphatic heterocycles. The lowest BCUT2D eigenvalue weighted by Crippen LogP contribution is -2.44. The minimum absolute atomic E-state index is 0. The molecule has 0 radical (unpaired) electrons. The van der Waals surface area contributed by atoms with E-state index in [0.29, 0.717) is 6.04 Å². The topological polar surface area (TPSA) is 53.0 Å². The van der Waals surface area contributed by atoms with Gasteiger partial charge in [0.15, 0.2) is 0 Å². The van der Waals surface area contributed by atoms with Crippen LogP contribution in [0.4, 0.5) is 0 Å². The van der Waals surface area contributed by atoms with Gasteiger partial charge in [0.05, 0.1) is 13.7 Å². The Morgan fingerprint density at radius 3 is 2.65 bits per heavy atom. The van der Waals surface area contributed by atoms with Gasteiger partial charge in [-0.2, -0.15) is 0 Å². The Hall–Kier alpha value is -0.820. The van der Waals surface area contributed by atoms with Crippen LogP contribution in [0.15, 0.2) is 22.7 Å². The standard InChI is InChI=1S/C16H23BrN2O3.ClH/c1-18(11-16(20)21)14-5-7-19(8-6-14)10-12-9-13(17)3-4-15(12)22-2;/h3-4,9,14H,5-8,10-11H2,1-2H3,(H,20,21);1H. The van der Waals surface area contributed by atoms with E-state index in [2.05, 4.69) is 26.9 Å². The summed E-state index contributed by atoms with van der Waals surface area (Å²) in [6.45, 7) is 2.93. The summed E-state index contributed by atoms with van der Waals surface area (Å²) in [6, 6.07) is 6.42. The Morgan fingerprint density at radius 2 is 2.09 bits per heavy atom. The van der Waals surface area contributed by atoms with Crippen molar-refractivity contribution in [1.29, 1.82) is 0 Å². The summed E-state index contributed by atoms with van der Waals surface area (Å²) >= 11 is 3.51. The molecule has 0 saturated carbocycles. The minimum Gasteiger partial charge on any atom is -0.496 e. The van der Waals surface area contributed by atoms with Gasteiger partial charge in [-0.05, 0) is 51.2 Å². The monoisotopic (exact) mass is 406 g/mol. The van der Waals surface area contributed by atoms with Crippen molar-refractivity contribution in [3.63, 3.8) is 0 Å². The summed E-state index contributed by atoms with van der Waals surface area (Å²) in [5.74, 6) is 0.150. The van der Waals surface area contributed by atoms with Crippen molar-refractivity contribution in [2.45, 2.75) is 25.4 Å². The van der Waals surface area contributed by atoms with E-state index in [1.54, 1.807) is 7.11 Å². The van der Waals surface area contributed by atoms with Crippen molar-refractivity contribution in [3.05, 3.63) is 28.2 Å². The van der Waals surface area contributed by atoms with Crippen molar-refractivity contribution in [2.75, 3.05) is 33.8 Å². The zero-order valence-electron chi connectivity index (χ0n) is 13.5. The molecule has 1 N–H and O–H groups in total. The van der Waals surface area contributed by atoms with E-state index < -0.39 is 5.97 Å². The molecule has 2 rings (SSSR count). The summed E-state index contributed by atoms with van der Waals surface area (Å²) in [4.78, 5) is 15.1. The maximum Gasteiger partial charge on any atom is 0.317 e. The molecule has 1 heterocycles. The number of aliphatic carboxylic acids is 1. The number of halogens is 2. The number of ether oxygens (including phenoxy) is 1. The van der Waals surface area contributed by atoms with E-state index in [1.807, 2.05) is 24.1 Å². The average molecular weight is 408 g/mol. The predicted molar refractivity (Wildman–Crippen MR) is 96.5 cm³/mol. The third-order valence-corrected chi connectivity index (χ3v) is 4.69. The third-order valence-electron chi connectivity index (χ3n) is 4.20. The normalized spacial score (nSPS) is 16.2. The van der Waals surface area contributed by atoms with E-state index in [4.69, 9.17) is 9.84 Å². The number of nitrogens with zero attached hydrogens (tertiary/aromatic N) is 2. The smallest absolute Gasteiger partial charge is 0.317 e. The van der Waals surface area contributed by atoms with Crippen molar-refractivity contribution >= 4 is 34.3 Å². The lowest BCUT2D eigenvalue weighted by molar-refractivity contribution is -0.138. The van der Waals surface area contributed by atoms with Gasteiger partial charge in [0.2, 0.25) is 0 Å². The zero-order valence-corrected chi connectivity index (χ0v) is 15.9. The highest BCUT2D eigenvalue weighted by Crippen LogP contribution is 2.26. The molecule has 5 nitrogen and oxygen atoms in total. The number of methoxy groups -OCH3 is 1. The van der Waals surface area contributed by atoms with Gasteiger partial charge in [-0.3, -0.25) is 14.6 Å². The molecule has 0 unspecified atom stereocenters. The molecule has 23 heavy (non-hydrogen) atoms. The van der Waals surface area contributed by atoms with Gasteiger partial charge < -0.3 is 9.84 Å². The van der Waals surface area contributed by atoms with Gasteiger partial charge in [-0.25, -0.2) is 0 Å². The second-order valence-electron chi connectivity index (χ2n) is 5.77. The number of carbonyl (C=O) groups is 1. The Kier molecular flexibility index (Phi) is 8.33. The lowest BCUT2D eigenvalue weighted by atomic mass is 10.0. The second-order valence-corrected chi connectivity index (χ2v) is 6.69. The molecular formula is C16H24BrClN2O3. The number of carboxylic acids is 1. The number of likely N-dealkylation sites (N-methyl/N-ethyl adjacent to an activating group) is 1. The molecule has 130 valence electrons. The Labute approximate surface area is 152 Å². The van der Waals surface area contributed by atoms with Crippen LogP contribution in [0.5, 0.6) is 5.75 Å². The maximum atomic E-state index is 10.8. The van der Waals surface area contributed by atoms with Gasteiger partial charge in [0.25, 0.3) is 0 Å². The van der Waals surface area contributed by atoms with E-state index in [0.717, 1.165) is 42.7 Å². The van der Waals surface area contributed by atoms with Gasteiger partial charge in [0.1, 0.15) is 5.75 Å². The molecular weight excluding hydrogens is 384 g/mol. The van der Waals surface area contributed by atoms with Gasteiger partial charge in [-0.15, -0.1) is 12.4 Å². The molecule has 0 spiro atoms. The van der Waals surface area contributed by atoms with Crippen LogP contribution in [0.3, 0.4) is 0 Å². The summed E-state index contributed by atoms with van der Waals surface area (Å²) in [5.41, 5.74) is 1.18. The summed E-state index contributed by atoms with van der Waals surface area (Å²) < 4.78 is 6.48. The number of hydrogen-bond acceptors (Lipinski definition) is 4. The zero-order chi connectivity index (χ0) is 16.1. The number of hydrogen-bond donors (Lipinski definition) is 1. The number of rotatable bonds is 6. The molecule has 0 aliphatic carbocycles. The summed E-state index contributed by atoms with van der Waals surface area (Å²) in [6.07, 6.45) is 2.00. The van der Waals surface area contributed by atoms with Crippen LogP contribution in [0.25, 0.3) is 0 Å². The predicted octanol–water partition coefficient (Wildman–Crippen LogP) is 2.86. The molecule has 1 saturated heterocycles. The molecule has 1 aromatic carbocycles. The molecule has 0 atom stereocenters. The third kappa shape index (κ3) is 5.95. The molecule has 1 fully saturated rings. The molecule has 0 amide bonds. The highest BCUT2D eigenvalue weighted by atomic mass is 79.9. The van der Waals surface area contributed by atoms with Crippen molar-refractivity contribution in [3.8, 4) is 5.75 Å². The van der Waals surface area contributed by atoms with Crippen molar-refractivity contribution in [2.24, 2.45) is 0 Å². The molecule has 7 heteroatoms. The van der Waals surface area contributed by atoms with Crippen molar-refractivity contribution < 1.29 is 14.6 Å². The van der Waals surface area contributed by atoms with E-state index in [9.17, 15) is 4.79 Å². The van der Waals surface area contributed by atoms with Crippen LogP contribution < -0.4 is 4.74 Å². The van der Waals surface area contributed by atoms with E-state index in [1.165, 1.54) is 5.56 Å². The summed E-state index contributed by atoms with van der Waals surface area (Å²) in [5, 5.41) is 8.87. The number of piperidine rings is 1. The highest BCUT2D eigenvalue weighted by molar-refractivity contribution is 9.10. The highest BCUT2D eigenvalue weighted by Gasteiger charge is 2.24. The Balaban J connectivity index is 0.00000264. The van der Waals surface area contributed by atoms with Crippen LogP contribution in [-0.4, -0.2) is 60.7 Å². The number of likely N-dealkylation sites (tertiary alicyclic amines) is 1. The number of carboxylic acid groups (broad SMARTS) is 1. The first-order valence-electron chi connectivity index (χ1n) is 7.46.